The van der Waals surface area contributed by atoms with Crippen LogP contribution in [0, 0.1) is 0 Å². The first kappa shape index (κ1) is 17.1. The first-order valence-corrected chi connectivity index (χ1v) is 7.19. The number of rotatable bonds is 6. The van der Waals surface area contributed by atoms with E-state index in [4.69, 9.17) is 4.74 Å². The van der Waals surface area contributed by atoms with Gasteiger partial charge >= 0.3 is 12.0 Å². The molecule has 1 heterocycles. The highest BCUT2D eigenvalue weighted by molar-refractivity contribution is 5.98. The summed E-state index contributed by atoms with van der Waals surface area (Å²) in [4.78, 5) is 35.0. The Morgan fingerprint density at radius 2 is 2.04 bits per heavy atom. The molecule has 24 heavy (non-hydrogen) atoms. The number of hydrogen-bond acceptors (Lipinski definition) is 7. The van der Waals surface area contributed by atoms with Crippen molar-refractivity contribution in [2.75, 3.05) is 13.2 Å². The minimum atomic E-state index is -0.731. The van der Waals surface area contributed by atoms with Gasteiger partial charge in [0.1, 0.15) is 6.33 Å². The Morgan fingerprint density at radius 1 is 1.25 bits per heavy atom. The van der Waals surface area contributed by atoms with Crippen LogP contribution in [0.25, 0.3) is 5.69 Å². The second kappa shape index (κ2) is 8.36. The zero-order valence-electron chi connectivity index (χ0n) is 12.9. The summed E-state index contributed by atoms with van der Waals surface area (Å²) in [5.74, 6) is -1.46. The molecule has 1 aromatic carbocycles. The highest BCUT2D eigenvalue weighted by Gasteiger charge is 2.16. The van der Waals surface area contributed by atoms with Crippen LogP contribution in [0.3, 0.4) is 0 Å². The number of ether oxygens (including phenoxy) is 1. The minimum Gasteiger partial charge on any atom is -0.452 e. The number of nitrogens with zero attached hydrogens (tertiary/aromatic N) is 4. The number of para-hydroxylation sites is 1. The molecule has 10 nitrogen and oxygen atoms in total. The van der Waals surface area contributed by atoms with Gasteiger partial charge in [-0.15, -0.1) is 5.10 Å². The average molecular weight is 332 g/mol. The van der Waals surface area contributed by atoms with Crippen LogP contribution in [0.4, 0.5) is 4.79 Å². The van der Waals surface area contributed by atoms with E-state index in [1.54, 1.807) is 18.2 Å². The van der Waals surface area contributed by atoms with Crippen LogP contribution in [-0.2, 0) is 9.53 Å². The van der Waals surface area contributed by atoms with E-state index >= 15 is 0 Å². The number of carbonyl (C=O) groups is 3. The van der Waals surface area contributed by atoms with Crippen molar-refractivity contribution >= 4 is 17.9 Å². The molecular formula is C14H16N6O4. The SMILES string of the molecule is CCCNC(=O)NC(=O)COC(=O)c1ccccc1-n1cnnn1. The van der Waals surface area contributed by atoms with E-state index in [1.165, 1.54) is 17.1 Å². The number of hydrogen-bond donors (Lipinski definition) is 2. The molecular weight excluding hydrogens is 316 g/mol. The van der Waals surface area contributed by atoms with Crippen LogP contribution in [0.15, 0.2) is 30.6 Å². The van der Waals surface area contributed by atoms with Crippen molar-refractivity contribution in [3.05, 3.63) is 36.2 Å². The molecule has 2 aromatic rings. The summed E-state index contributed by atoms with van der Waals surface area (Å²) in [7, 11) is 0. The fraction of sp³-hybridized carbons (Fsp3) is 0.286. The smallest absolute Gasteiger partial charge is 0.340 e. The predicted molar refractivity (Wildman–Crippen MR) is 81.3 cm³/mol. The molecule has 0 aliphatic carbocycles. The molecule has 0 spiro atoms. The summed E-state index contributed by atoms with van der Waals surface area (Å²) in [6.07, 6.45) is 2.07. The third kappa shape index (κ3) is 4.60. The van der Waals surface area contributed by atoms with Crippen molar-refractivity contribution in [1.82, 2.24) is 30.8 Å². The van der Waals surface area contributed by atoms with Crippen LogP contribution in [-0.4, -0.2) is 51.3 Å². The lowest BCUT2D eigenvalue weighted by molar-refractivity contribution is -0.123. The monoisotopic (exact) mass is 332 g/mol. The topological polar surface area (TPSA) is 128 Å². The quantitative estimate of drug-likeness (QED) is 0.715. The Morgan fingerprint density at radius 3 is 2.75 bits per heavy atom. The molecule has 0 atom stereocenters. The van der Waals surface area contributed by atoms with Gasteiger partial charge in [0.2, 0.25) is 0 Å². The number of tetrazole rings is 1. The van der Waals surface area contributed by atoms with Gasteiger partial charge in [-0.3, -0.25) is 10.1 Å². The van der Waals surface area contributed by atoms with Crippen molar-refractivity contribution in [2.45, 2.75) is 13.3 Å². The first-order valence-electron chi connectivity index (χ1n) is 7.19. The minimum absolute atomic E-state index is 0.188. The fourth-order valence-corrected chi connectivity index (χ4v) is 1.77. The Hall–Kier alpha value is -3.30. The lowest BCUT2D eigenvalue weighted by Gasteiger charge is -2.09. The normalized spacial score (nSPS) is 10.0. The average Bonchev–Trinajstić information content (AvgIpc) is 3.12. The van der Waals surface area contributed by atoms with Crippen molar-refractivity contribution in [3.63, 3.8) is 0 Å². The van der Waals surface area contributed by atoms with Gasteiger partial charge in [-0.1, -0.05) is 19.1 Å². The number of amides is 3. The second-order valence-electron chi connectivity index (χ2n) is 4.65. The Labute approximate surface area is 137 Å². The van der Waals surface area contributed by atoms with Gasteiger partial charge in [0.05, 0.1) is 11.3 Å². The largest absolute Gasteiger partial charge is 0.452 e. The molecule has 1 aromatic heterocycles. The van der Waals surface area contributed by atoms with Crippen molar-refractivity contribution in [3.8, 4) is 5.69 Å². The molecule has 2 N–H and O–H groups in total. The number of nitrogens with one attached hydrogen (secondary N) is 2. The summed E-state index contributed by atoms with van der Waals surface area (Å²) in [6, 6.07) is 5.87. The Bertz CT molecular complexity index is 716. The fourth-order valence-electron chi connectivity index (χ4n) is 1.77. The molecule has 0 unspecified atom stereocenters. The highest BCUT2D eigenvalue weighted by Crippen LogP contribution is 2.13. The molecule has 0 saturated carbocycles. The van der Waals surface area contributed by atoms with E-state index in [0.717, 1.165) is 6.42 Å². The Kier molecular flexibility index (Phi) is 5.95. The lowest BCUT2D eigenvalue weighted by Crippen LogP contribution is -2.41. The third-order valence-electron chi connectivity index (χ3n) is 2.84. The standard InChI is InChI=1S/C14H16N6O4/c1-2-7-15-14(23)17-12(21)8-24-13(22)10-5-3-4-6-11(10)20-9-16-18-19-20/h3-6,9H,2,7-8H2,1H3,(H2,15,17,21,23). The molecule has 0 aliphatic rings. The molecule has 0 bridgehead atoms. The zero-order valence-corrected chi connectivity index (χ0v) is 12.9. The second-order valence-corrected chi connectivity index (χ2v) is 4.65. The molecule has 0 saturated heterocycles. The zero-order chi connectivity index (χ0) is 17.4. The van der Waals surface area contributed by atoms with Gasteiger partial charge in [0.25, 0.3) is 5.91 Å². The Balaban J connectivity index is 1.94. The summed E-state index contributed by atoms with van der Waals surface area (Å²) >= 11 is 0. The maximum Gasteiger partial charge on any atom is 0.340 e. The number of carbonyl (C=O) groups excluding carboxylic acids is 3. The number of imide groups is 1. The van der Waals surface area contributed by atoms with E-state index in [1.807, 2.05) is 6.92 Å². The lowest BCUT2D eigenvalue weighted by atomic mass is 10.2. The van der Waals surface area contributed by atoms with Crippen molar-refractivity contribution in [2.24, 2.45) is 0 Å². The van der Waals surface area contributed by atoms with Gasteiger partial charge in [-0.05, 0) is 29.0 Å². The van der Waals surface area contributed by atoms with Crippen LogP contribution >= 0.6 is 0 Å². The van der Waals surface area contributed by atoms with Gasteiger partial charge in [0, 0.05) is 6.54 Å². The molecule has 0 fully saturated rings. The molecule has 0 aliphatic heterocycles. The summed E-state index contributed by atoms with van der Waals surface area (Å²) < 4.78 is 6.22. The number of benzene rings is 1. The van der Waals surface area contributed by atoms with Gasteiger partial charge in [-0.25, -0.2) is 9.59 Å². The number of urea groups is 1. The third-order valence-corrected chi connectivity index (χ3v) is 2.84. The van der Waals surface area contributed by atoms with E-state index in [2.05, 4.69) is 26.2 Å². The van der Waals surface area contributed by atoms with E-state index in [0.29, 0.717) is 12.2 Å². The molecule has 126 valence electrons. The van der Waals surface area contributed by atoms with E-state index < -0.39 is 24.5 Å². The highest BCUT2D eigenvalue weighted by atomic mass is 16.5. The maximum absolute atomic E-state index is 12.1. The van der Waals surface area contributed by atoms with Crippen molar-refractivity contribution < 1.29 is 19.1 Å². The molecule has 10 heteroatoms. The summed E-state index contributed by atoms with van der Waals surface area (Å²) in [6.45, 7) is 1.74. The van der Waals surface area contributed by atoms with Crippen LogP contribution in [0.2, 0.25) is 0 Å². The molecule has 3 amide bonds. The first-order chi connectivity index (χ1) is 11.6. The van der Waals surface area contributed by atoms with Crippen LogP contribution in [0.5, 0.6) is 0 Å². The van der Waals surface area contributed by atoms with Crippen LogP contribution < -0.4 is 10.6 Å². The van der Waals surface area contributed by atoms with E-state index in [-0.39, 0.29) is 5.56 Å². The number of esters is 1. The molecule has 0 radical (unpaired) electrons. The van der Waals surface area contributed by atoms with Crippen molar-refractivity contribution in [1.29, 1.82) is 0 Å². The van der Waals surface area contributed by atoms with E-state index in [9.17, 15) is 14.4 Å². The van der Waals surface area contributed by atoms with Crippen LogP contribution in [0.1, 0.15) is 23.7 Å². The number of aromatic nitrogens is 4. The molecule has 2 rings (SSSR count). The maximum atomic E-state index is 12.1. The summed E-state index contributed by atoms with van der Waals surface area (Å²) in [5.41, 5.74) is 0.599. The predicted octanol–water partition coefficient (Wildman–Crippen LogP) is 0.0549. The van der Waals surface area contributed by atoms with Gasteiger partial charge in [-0.2, -0.15) is 4.68 Å². The van der Waals surface area contributed by atoms with Gasteiger partial charge < -0.3 is 10.1 Å². The van der Waals surface area contributed by atoms with Gasteiger partial charge in [0.15, 0.2) is 6.61 Å². The summed E-state index contributed by atoms with van der Waals surface area (Å²) in [5, 5.41) is 15.2.